The van der Waals surface area contributed by atoms with Crippen LogP contribution in [0.2, 0.25) is 0 Å². The molecule has 50 heavy (non-hydrogen) atoms. The Bertz CT molecular complexity index is 1100. The van der Waals surface area contributed by atoms with E-state index in [9.17, 15) is 39.0 Å². The molecule has 0 aromatic rings. The van der Waals surface area contributed by atoms with Crippen LogP contribution in [0.15, 0.2) is 0 Å². The molecule has 0 spiro atoms. The van der Waals surface area contributed by atoms with Crippen LogP contribution in [0.25, 0.3) is 0 Å². The lowest BCUT2D eigenvalue weighted by Crippen LogP contribution is -2.57. The van der Waals surface area contributed by atoms with Gasteiger partial charge >= 0.3 is 5.97 Å². The van der Waals surface area contributed by atoms with E-state index in [1.807, 2.05) is 69.2 Å². The van der Waals surface area contributed by atoms with Gasteiger partial charge in [-0.1, -0.05) is 69.2 Å². The summed E-state index contributed by atoms with van der Waals surface area (Å²) in [5, 5.41) is 44.1. The fourth-order valence-electron chi connectivity index (χ4n) is 5.55. The third-order valence-corrected chi connectivity index (χ3v) is 7.88. The Morgan fingerprint density at radius 1 is 0.440 bits per heavy atom. The molecule has 0 aromatic carbocycles. The van der Waals surface area contributed by atoms with Gasteiger partial charge in [0, 0.05) is 6.42 Å². The highest BCUT2D eigenvalue weighted by Crippen LogP contribution is 2.15. The van der Waals surface area contributed by atoms with Crippen LogP contribution >= 0.6 is 0 Å². The summed E-state index contributed by atoms with van der Waals surface area (Å²) in [7, 11) is 0. The number of rotatable bonds is 24. The molecule has 0 aromatic heterocycles. The first-order chi connectivity index (χ1) is 23.0. The zero-order valence-electron chi connectivity index (χ0n) is 32.2. The van der Waals surface area contributed by atoms with E-state index in [0.717, 1.165) is 0 Å². The summed E-state index contributed by atoms with van der Waals surface area (Å²) in [6.07, 6.45) is -2.07. The number of carboxylic acids is 1. The number of carbonyl (C=O) groups excluding carboxylic acids is 5. The molecular formula is C36H67N5O9. The Kier molecular flexibility index (Phi) is 21.7. The number of aliphatic carboxylic acids is 1. The lowest BCUT2D eigenvalue weighted by molar-refractivity contribution is -0.140. The minimum Gasteiger partial charge on any atom is -0.481 e. The highest BCUT2D eigenvalue weighted by atomic mass is 16.4. The zero-order valence-corrected chi connectivity index (χ0v) is 32.2. The molecule has 0 fully saturated rings. The second kappa shape index (κ2) is 23.3. The highest BCUT2D eigenvalue weighted by molar-refractivity contribution is 5.92. The quantitative estimate of drug-likeness (QED) is 0.0734. The lowest BCUT2D eigenvalue weighted by Gasteiger charge is -2.30. The van der Waals surface area contributed by atoms with Crippen molar-refractivity contribution in [1.82, 2.24) is 26.6 Å². The maximum atomic E-state index is 13.6. The van der Waals surface area contributed by atoms with Crippen LogP contribution < -0.4 is 26.6 Å². The largest absolute Gasteiger partial charge is 0.481 e. The van der Waals surface area contributed by atoms with Gasteiger partial charge in [-0.25, -0.2) is 0 Å². The summed E-state index contributed by atoms with van der Waals surface area (Å²) < 4.78 is 0. The summed E-state index contributed by atoms with van der Waals surface area (Å²) in [6.45, 7) is 20.5. The van der Waals surface area contributed by atoms with Crippen molar-refractivity contribution in [1.29, 1.82) is 0 Å². The molecule has 14 nitrogen and oxygen atoms in total. The maximum absolute atomic E-state index is 13.6. The average Bonchev–Trinajstić information content (AvgIpc) is 2.93. The second-order valence-corrected chi connectivity index (χ2v) is 15.8. The van der Waals surface area contributed by atoms with E-state index in [1.54, 1.807) is 0 Å². The van der Waals surface area contributed by atoms with Gasteiger partial charge in [0.2, 0.25) is 29.5 Å². The normalized spacial score (nSPS) is 16.0. The van der Waals surface area contributed by atoms with Crippen molar-refractivity contribution in [3.05, 3.63) is 0 Å². The van der Waals surface area contributed by atoms with E-state index >= 15 is 0 Å². The first-order valence-electron chi connectivity index (χ1n) is 18.1. The van der Waals surface area contributed by atoms with Gasteiger partial charge in [-0.15, -0.1) is 0 Å². The Balaban J connectivity index is 5.73. The molecule has 0 aliphatic carbocycles. The van der Waals surface area contributed by atoms with E-state index in [-0.39, 0.29) is 41.9 Å². The average molecular weight is 714 g/mol. The number of hydrogen-bond donors (Lipinski definition) is 8. The minimum absolute atomic E-state index is 0.0161. The van der Waals surface area contributed by atoms with Gasteiger partial charge in [0.05, 0.1) is 37.1 Å². The maximum Gasteiger partial charge on any atom is 0.306 e. The molecule has 0 rings (SSSR count). The smallest absolute Gasteiger partial charge is 0.306 e. The number of nitrogens with one attached hydrogen (secondary N) is 5. The molecule has 7 atom stereocenters. The number of amides is 5. The minimum atomic E-state index is -1.33. The predicted octanol–water partition coefficient (Wildman–Crippen LogP) is 2.25. The molecule has 0 bridgehead atoms. The molecule has 0 aliphatic rings. The molecule has 290 valence electrons. The predicted molar refractivity (Wildman–Crippen MR) is 191 cm³/mol. The van der Waals surface area contributed by atoms with Crippen LogP contribution in [0.3, 0.4) is 0 Å². The fraction of sp³-hybridized carbons (Fsp3) is 0.833. The molecule has 14 heteroatoms. The molecular weight excluding hydrogens is 646 g/mol. The molecule has 0 saturated carbocycles. The van der Waals surface area contributed by atoms with Crippen LogP contribution in [0.5, 0.6) is 0 Å². The molecule has 0 unspecified atom stereocenters. The number of aliphatic hydroxyl groups is 2. The van der Waals surface area contributed by atoms with Gasteiger partial charge in [0.25, 0.3) is 0 Å². The number of carbonyl (C=O) groups is 6. The lowest BCUT2D eigenvalue weighted by atomic mass is 9.95. The highest BCUT2D eigenvalue weighted by Gasteiger charge is 2.32. The van der Waals surface area contributed by atoms with Crippen LogP contribution in [0.4, 0.5) is 0 Å². The SMILES string of the molecule is CC(C)CC(=O)N[C@@H](CC(C)C)C(=O)N[C@@H](CC(C)C)C(=O)N[C@@H](CC(C)C)[C@@H](O)CC(=O)N[C@@H](C)C(=O)N[C@@H](CC(C)C)[C@@H](O)CC(=O)O. The third kappa shape index (κ3) is 20.4. The van der Waals surface area contributed by atoms with Crippen molar-refractivity contribution < 1.29 is 44.1 Å². The topological polar surface area (TPSA) is 223 Å². The van der Waals surface area contributed by atoms with Gasteiger partial charge in [-0.3, -0.25) is 28.8 Å². The van der Waals surface area contributed by atoms with Crippen molar-refractivity contribution in [3.63, 3.8) is 0 Å². The summed E-state index contributed by atoms with van der Waals surface area (Å²) in [4.78, 5) is 76.5. The summed E-state index contributed by atoms with van der Waals surface area (Å²) in [6, 6.07) is -4.56. The Morgan fingerprint density at radius 3 is 1.24 bits per heavy atom. The van der Waals surface area contributed by atoms with Crippen molar-refractivity contribution in [2.45, 2.75) is 164 Å². The standard InChI is InChI=1S/C36H67N5O9/c1-19(2)12-25(29(42)17-32(45)37-24(11)34(48)39-26(13-20(3)4)30(43)18-33(46)47)40-36(50)28(15-22(7)8)41-35(49)27(14-21(5)6)38-31(44)16-23(9)10/h19-30,42-43H,12-18H2,1-11H3,(H,37,45)(H,38,44)(H,39,48)(H,40,50)(H,41,49)(H,46,47)/t24-,25-,26-,27-,28-,29-,30-/m0/s1. The van der Waals surface area contributed by atoms with Crippen molar-refractivity contribution in [3.8, 4) is 0 Å². The summed E-state index contributed by atoms with van der Waals surface area (Å²) in [5.74, 6) is -3.47. The van der Waals surface area contributed by atoms with Crippen LogP contribution in [0.1, 0.15) is 121 Å². The Hall–Kier alpha value is -3.26. The molecule has 0 heterocycles. The van der Waals surface area contributed by atoms with Gasteiger partial charge in [0.15, 0.2) is 0 Å². The van der Waals surface area contributed by atoms with Crippen LogP contribution in [-0.4, -0.2) is 93.2 Å². The van der Waals surface area contributed by atoms with E-state index in [0.29, 0.717) is 25.7 Å². The molecule has 8 N–H and O–H groups in total. The van der Waals surface area contributed by atoms with Gasteiger partial charge in [-0.2, -0.15) is 0 Å². The number of aliphatic hydroxyl groups excluding tert-OH is 2. The monoisotopic (exact) mass is 713 g/mol. The van der Waals surface area contributed by atoms with E-state index in [1.165, 1.54) is 6.92 Å². The van der Waals surface area contributed by atoms with Gasteiger partial charge < -0.3 is 41.9 Å². The Morgan fingerprint density at radius 2 is 0.820 bits per heavy atom. The van der Waals surface area contributed by atoms with Crippen molar-refractivity contribution >= 4 is 35.5 Å². The van der Waals surface area contributed by atoms with E-state index < -0.39 is 84.9 Å². The first kappa shape index (κ1) is 46.7. The zero-order chi connectivity index (χ0) is 38.9. The third-order valence-electron chi connectivity index (χ3n) is 7.88. The Labute approximate surface area is 299 Å². The van der Waals surface area contributed by atoms with E-state index in [4.69, 9.17) is 5.11 Å². The first-order valence-corrected chi connectivity index (χ1v) is 18.1. The second-order valence-electron chi connectivity index (χ2n) is 15.8. The summed E-state index contributed by atoms with van der Waals surface area (Å²) in [5.41, 5.74) is 0. The summed E-state index contributed by atoms with van der Waals surface area (Å²) >= 11 is 0. The number of hydrogen-bond acceptors (Lipinski definition) is 8. The fourth-order valence-corrected chi connectivity index (χ4v) is 5.55. The van der Waals surface area contributed by atoms with Crippen LogP contribution in [0, 0.1) is 29.6 Å². The van der Waals surface area contributed by atoms with Gasteiger partial charge in [0.1, 0.15) is 18.1 Å². The van der Waals surface area contributed by atoms with E-state index in [2.05, 4.69) is 26.6 Å². The van der Waals surface area contributed by atoms with Crippen LogP contribution in [-0.2, 0) is 28.8 Å². The molecule has 0 saturated heterocycles. The van der Waals surface area contributed by atoms with Crippen molar-refractivity contribution in [2.75, 3.05) is 0 Å². The number of carboxylic acid groups (broad SMARTS) is 1. The molecule has 0 aliphatic heterocycles. The molecule has 5 amide bonds. The van der Waals surface area contributed by atoms with Crippen molar-refractivity contribution in [2.24, 2.45) is 29.6 Å². The van der Waals surface area contributed by atoms with Gasteiger partial charge in [-0.05, 0) is 62.2 Å². The molecule has 0 radical (unpaired) electrons.